The van der Waals surface area contributed by atoms with Gasteiger partial charge in [-0.1, -0.05) is 18.2 Å². The highest BCUT2D eigenvalue weighted by Crippen LogP contribution is 2.41. The Kier molecular flexibility index (Phi) is 5.63. The van der Waals surface area contributed by atoms with Crippen LogP contribution in [0.5, 0.6) is 0 Å². The van der Waals surface area contributed by atoms with E-state index in [0.29, 0.717) is 10.8 Å². The van der Waals surface area contributed by atoms with Crippen LogP contribution >= 0.6 is 11.3 Å². The van der Waals surface area contributed by atoms with Crippen molar-refractivity contribution in [2.45, 2.75) is 19.9 Å². The lowest BCUT2D eigenvalue weighted by Crippen LogP contribution is -2.17. The van der Waals surface area contributed by atoms with Gasteiger partial charge in [-0.25, -0.2) is 9.37 Å². The van der Waals surface area contributed by atoms with Gasteiger partial charge in [0.05, 0.1) is 12.3 Å². The number of nitrogens with one attached hydrogen (secondary N) is 2. The molecule has 3 heterocycles. The monoisotopic (exact) mass is 421 g/mol. The molecule has 0 aliphatic carbocycles. The van der Waals surface area contributed by atoms with Crippen molar-refractivity contribution < 1.29 is 13.6 Å². The summed E-state index contributed by atoms with van der Waals surface area (Å²) in [5.74, 6) is 0.289. The summed E-state index contributed by atoms with van der Waals surface area (Å²) in [5, 5.41) is 7.12. The molecule has 0 aliphatic heterocycles. The number of furan rings is 1. The minimum absolute atomic E-state index is 0.237. The Morgan fingerprint density at radius 3 is 2.57 bits per heavy atom. The Bertz CT molecular complexity index is 1140. The second-order valence-electron chi connectivity index (χ2n) is 6.80. The predicted octanol–water partition coefficient (Wildman–Crippen LogP) is 5.95. The van der Waals surface area contributed by atoms with Crippen molar-refractivity contribution in [1.29, 1.82) is 0 Å². The molecule has 1 atom stereocenters. The van der Waals surface area contributed by atoms with Crippen LogP contribution in [-0.2, 0) is 0 Å². The van der Waals surface area contributed by atoms with Crippen molar-refractivity contribution in [2.75, 3.05) is 10.6 Å². The van der Waals surface area contributed by atoms with E-state index < -0.39 is 0 Å². The number of aromatic nitrogens is 1. The second-order valence-corrected chi connectivity index (χ2v) is 8.03. The van der Waals surface area contributed by atoms with Gasteiger partial charge in [0.2, 0.25) is 0 Å². The number of halogens is 1. The van der Waals surface area contributed by atoms with Gasteiger partial charge in [-0.05, 0) is 61.4 Å². The summed E-state index contributed by atoms with van der Waals surface area (Å²) in [7, 11) is 0. The first-order chi connectivity index (χ1) is 14.5. The van der Waals surface area contributed by atoms with Crippen molar-refractivity contribution in [2.24, 2.45) is 0 Å². The Morgan fingerprint density at radius 2 is 1.90 bits per heavy atom. The molecule has 1 aromatic carbocycles. The van der Waals surface area contributed by atoms with Crippen LogP contribution in [0.3, 0.4) is 0 Å². The van der Waals surface area contributed by atoms with E-state index in [1.54, 1.807) is 30.5 Å². The molecule has 0 fully saturated rings. The molecule has 0 spiro atoms. The summed E-state index contributed by atoms with van der Waals surface area (Å²) in [6.45, 7) is 4.02. The van der Waals surface area contributed by atoms with Crippen molar-refractivity contribution in [3.8, 4) is 0 Å². The van der Waals surface area contributed by atoms with Crippen LogP contribution < -0.4 is 10.6 Å². The van der Waals surface area contributed by atoms with Gasteiger partial charge in [0.1, 0.15) is 16.6 Å². The Hall–Kier alpha value is -3.45. The van der Waals surface area contributed by atoms with Gasteiger partial charge < -0.3 is 15.1 Å². The molecule has 0 bridgehead atoms. The predicted molar refractivity (Wildman–Crippen MR) is 117 cm³/mol. The van der Waals surface area contributed by atoms with Gasteiger partial charge in [-0.15, -0.1) is 11.3 Å². The average Bonchev–Trinajstić information content (AvgIpc) is 3.37. The molecule has 0 saturated heterocycles. The van der Waals surface area contributed by atoms with Gasteiger partial charge >= 0.3 is 0 Å². The van der Waals surface area contributed by atoms with Gasteiger partial charge in [-0.3, -0.25) is 4.79 Å². The number of amides is 1. The SMILES string of the molecule is Cc1sc(NC(=O)c2ccco2)c(C(Nc2ccccn2)c2ccc(F)cc2)c1C. The van der Waals surface area contributed by atoms with Crippen molar-refractivity contribution in [3.63, 3.8) is 0 Å². The zero-order valence-corrected chi connectivity index (χ0v) is 17.3. The summed E-state index contributed by atoms with van der Waals surface area (Å²) in [5.41, 5.74) is 2.82. The van der Waals surface area contributed by atoms with Crippen molar-refractivity contribution >= 4 is 28.1 Å². The van der Waals surface area contributed by atoms with Gasteiger partial charge in [0.25, 0.3) is 5.91 Å². The fourth-order valence-corrected chi connectivity index (χ4v) is 4.32. The number of benzene rings is 1. The van der Waals surface area contributed by atoms with E-state index in [9.17, 15) is 9.18 Å². The summed E-state index contributed by atoms with van der Waals surface area (Å²) < 4.78 is 18.8. The lowest BCUT2D eigenvalue weighted by molar-refractivity contribution is 0.0997. The minimum Gasteiger partial charge on any atom is -0.459 e. The summed E-state index contributed by atoms with van der Waals surface area (Å²) in [6.07, 6.45) is 3.17. The number of carbonyl (C=O) groups excluding carboxylic acids is 1. The van der Waals surface area contributed by atoms with Gasteiger partial charge in [0, 0.05) is 16.6 Å². The normalized spacial score (nSPS) is 11.8. The third-order valence-corrected chi connectivity index (χ3v) is 5.99. The van der Waals surface area contributed by atoms with E-state index in [1.165, 1.54) is 29.7 Å². The lowest BCUT2D eigenvalue weighted by Gasteiger charge is -2.22. The molecule has 5 nitrogen and oxygen atoms in total. The smallest absolute Gasteiger partial charge is 0.291 e. The standard InChI is InChI=1S/C23H20FN3O2S/c1-14-15(2)30-23(27-22(28)18-6-5-13-29-18)20(14)21(16-8-10-17(24)11-9-16)26-19-7-3-4-12-25-19/h3-13,21H,1-2H3,(H,25,26)(H,27,28). The number of nitrogens with zero attached hydrogens (tertiary/aromatic N) is 1. The number of aryl methyl sites for hydroxylation is 1. The summed E-state index contributed by atoms with van der Waals surface area (Å²) in [6, 6.07) is 14.9. The van der Waals surface area contributed by atoms with E-state index in [1.807, 2.05) is 32.0 Å². The zero-order chi connectivity index (χ0) is 21.1. The van der Waals surface area contributed by atoms with Crippen LogP contribution in [0.2, 0.25) is 0 Å². The highest BCUT2D eigenvalue weighted by atomic mass is 32.1. The molecule has 152 valence electrons. The topological polar surface area (TPSA) is 67.2 Å². The van der Waals surface area contributed by atoms with E-state index in [-0.39, 0.29) is 23.5 Å². The number of pyridine rings is 1. The molecule has 4 aromatic rings. The largest absolute Gasteiger partial charge is 0.459 e. The van der Waals surface area contributed by atoms with Gasteiger partial charge in [0.15, 0.2) is 5.76 Å². The van der Waals surface area contributed by atoms with E-state index in [4.69, 9.17) is 4.42 Å². The zero-order valence-electron chi connectivity index (χ0n) is 16.5. The van der Waals surface area contributed by atoms with E-state index in [0.717, 1.165) is 21.6 Å². The summed E-state index contributed by atoms with van der Waals surface area (Å²) >= 11 is 1.50. The maximum absolute atomic E-state index is 13.6. The Balaban J connectivity index is 1.77. The molecule has 1 amide bonds. The molecule has 7 heteroatoms. The molecule has 0 radical (unpaired) electrons. The third-order valence-electron chi connectivity index (χ3n) is 4.85. The van der Waals surface area contributed by atoms with Crippen LogP contribution in [0.15, 0.2) is 71.5 Å². The molecule has 0 saturated carbocycles. The van der Waals surface area contributed by atoms with Crippen LogP contribution in [0, 0.1) is 19.7 Å². The molecule has 4 rings (SSSR count). The van der Waals surface area contributed by atoms with Crippen LogP contribution in [-0.4, -0.2) is 10.9 Å². The number of rotatable bonds is 6. The van der Waals surface area contributed by atoms with Crippen molar-refractivity contribution in [3.05, 3.63) is 100 Å². The molecule has 1 unspecified atom stereocenters. The Labute approximate surface area is 177 Å². The van der Waals surface area contributed by atoms with Gasteiger partial charge in [-0.2, -0.15) is 0 Å². The first kappa shape index (κ1) is 19.8. The van der Waals surface area contributed by atoms with E-state index >= 15 is 0 Å². The second kappa shape index (κ2) is 8.51. The first-order valence-corrected chi connectivity index (χ1v) is 10.2. The maximum atomic E-state index is 13.6. The third kappa shape index (κ3) is 4.11. The first-order valence-electron chi connectivity index (χ1n) is 9.40. The number of carbonyl (C=O) groups is 1. The Morgan fingerprint density at radius 1 is 1.10 bits per heavy atom. The molecule has 0 aliphatic rings. The fraction of sp³-hybridized carbons (Fsp3) is 0.130. The van der Waals surface area contributed by atoms with Crippen LogP contribution in [0.4, 0.5) is 15.2 Å². The van der Waals surface area contributed by atoms with E-state index in [2.05, 4.69) is 15.6 Å². The fourth-order valence-electron chi connectivity index (χ4n) is 3.23. The number of hydrogen-bond donors (Lipinski definition) is 2. The molecule has 3 aromatic heterocycles. The number of anilines is 2. The van der Waals surface area contributed by atoms with Crippen molar-refractivity contribution in [1.82, 2.24) is 4.98 Å². The highest BCUT2D eigenvalue weighted by Gasteiger charge is 2.25. The molecular weight excluding hydrogens is 401 g/mol. The minimum atomic E-state index is -0.336. The van der Waals surface area contributed by atoms with Crippen LogP contribution in [0.25, 0.3) is 0 Å². The number of hydrogen-bond acceptors (Lipinski definition) is 5. The molecule has 2 N–H and O–H groups in total. The number of thiophene rings is 1. The summed E-state index contributed by atoms with van der Waals surface area (Å²) in [4.78, 5) is 18.1. The quantitative estimate of drug-likeness (QED) is 0.404. The molecular formula is C23H20FN3O2S. The molecule has 30 heavy (non-hydrogen) atoms. The highest BCUT2D eigenvalue weighted by molar-refractivity contribution is 7.16. The van der Waals surface area contributed by atoms with Crippen LogP contribution in [0.1, 0.15) is 38.2 Å². The maximum Gasteiger partial charge on any atom is 0.291 e. The average molecular weight is 421 g/mol. The lowest BCUT2D eigenvalue weighted by atomic mass is 9.96.